The zero-order valence-electron chi connectivity index (χ0n) is 20.6. The molecule has 0 saturated heterocycles. The van der Waals surface area contributed by atoms with Gasteiger partial charge in [0.25, 0.3) is 0 Å². The van der Waals surface area contributed by atoms with Crippen molar-refractivity contribution < 1.29 is 19.5 Å². The summed E-state index contributed by atoms with van der Waals surface area (Å²) in [5.74, 6) is -0.951. The quantitative estimate of drug-likeness (QED) is 0.363. The summed E-state index contributed by atoms with van der Waals surface area (Å²) < 4.78 is 5.35. The van der Waals surface area contributed by atoms with Crippen molar-refractivity contribution in [1.29, 1.82) is 0 Å². The zero-order chi connectivity index (χ0) is 25.1. The van der Waals surface area contributed by atoms with E-state index in [2.05, 4.69) is 5.16 Å². The van der Waals surface area contributed by atoms with Crippen molar-refractivity contribution >= 4 is 22.8 Å². The lowest BCUT2D eigenvalue weighted by molar-refractivity contribution is -0.160. The maximum Gasteiger partial charge on any atom is 0.347 e. The average Bonchev–Trinajstić information content (AvgIpc) is 3.07. The Balaban J connectivity index is 1.88. The lowest BCUT2D eigenvalue weighted by Gasteiger charge is -2.32. The van der Waals surface area contributed by atoms with Crippen molar-refractivity contribution in [3.05, 3.63) is 108 Å². The molecule has 0 spiro atoms. The van der Waals surface area contributed by atoms with Gasteiger partial charge in [0.2, 0.25) is 6.61 Å². The first-order valence-corrected chi connectivity index (χ1v) is 11.8. The number of esters is 1. The van der Waals surface area contributed by atoms with E-state index in [1.807, 2.05) is 97.9 Å². The van der Waals surface area contributed by atoms with Crippen molar-refractivity contribution in [1.82, 2.24) is 0 Å². The molecular weight excluding hydrogens is 438 g/mol. The molecule has 2 atom stereocenters. The van der Waals surface area contributed by atoms with Crippen LogP contribution in [-0.2, 0) is 20.0 Å². The number of rotatable bonds is 6. The molecule has 180 valence electrons. The fourth-order valence-corrected chi connectivity index (χ4v) is 4.55. The molecule has 0 fully saturated rings. The Kier molecular flexibility index (Phi) is 6.90. The van der Waals surface area contributed by atoms with Crippen molar-refractivity contribution in [2.45, 2.75) is 38.9 Å². The van der Waals surface area contributed by atoms with Gasteiger partial charge in [0.1, 0.15) is 11.2 Å². The molecule has 0 heterocycles. The standard InChI is InChI=1S/C30H31NO4/c1-21-28(31-34-20-25(32)35-29(2,3)4)26(22-14-8-5-9-15-22)27(23-16-10-6-11-17-23)30(21,33)24-18-12-7-13-19-24/h5-19,21,33H,20H2,1-4H3/b31-28+/t21-,30+/m0/s1. The van der Waals surface area contributed by atoms with E-state index in [0.29, 0.717) is 5.71 Å². The van der Waals surface area contributed by atoms with Crippen LogP contribution in [-0.4, -0.2) is 29.0 Å². The minimum atomic E-state index is -1.36. The van der Waals surface area contributed by atoms with Crippen LogP contribution in [0.2, 0.25) is 0 Å². The summed E-state index contributed by atoms with van der Waals surface area (Å²) in [4.78, 5) is 17.8. The van der Waals surface area contributed by atoms with Crippen molar-refractivity contribution in [2.75, 3.05) is 6.61 Å². The van der Waals surface area contributed by atoms with Crippen LogP contribution in [0.25, 0.3) is 11.1 Å². The molecule has 0 radical (unpaired) electrons. The first-order valence-electron chi connectivity index (χ1n) is 11.8. The third-order valence-electron chi connectivity index (χ3n) is 6.03. The number of aliphatic hydroxyl groups is 1. The normalized spacial score (nSPS) is 21.3. The summed E-state index contributed by atoms with van der Waals surface area (Å²) in [6.07, 6.45) is 0. The van der Waals surface area contributed by atoms with Crippen molar-refractivity contribution in [2.24, 2.45) is 11.1 Å². The topological polar surface area (TPSA) is 68.1 Å². The third kappa shape index (κ3) is 5.05. The number of hydrogen-bond acceptors (Lipinski definition) is 5. The summed E-state index contributed by atoms with van der Waals surface area (Å²) >= 11 is 0. The molecule has 5 nitrogen and oxygen atoms in total. The summed E-state index contributed by atoms with van der Waals surface area (Å²) in [5.41, 5.74) is 2.70. The fourth-order valence-electron chi connectivity index (χ4n) is 4.55. The van der Waals surface area contributed by atoms with Crippen LogP contribution >= 0.6 is 0 Å². The number of hydrogen-bond donors (Lipinski definition) is 1. The number of ether oxygens (including phenoxy) is 1. The van der Waals surface area contributed by atoms with Gasteiger partial charge in [-0.2, -0.15) is 0 Å². The van der Waals surface area contributed by atoms with Gasteiger partial charge in [-0.05, 0) is 37.5 Å². The average molecular weight is 470 g/mol. The Labute approximate surface area is 206 Å². The van der Waals surface area contributed by atoms with Crippen molar-refractivity contribution in [3.63, 3.8) is 0 Å². The molecule has 5 heteroatoms. The summed E-state index contributed by atoms with van der Waals surface area (Å²) in [7, 11) is 0. The molecular formula is C30H31NO4. The molecule has 0 saturated carbocycles. The van der Waals surface area contributed by atoms with Crippen molar-refractivity contribution in [3.8, 4) is 0 Å². The van der Waals surface area contributed by atoms with Crippen LogP contribution in [0.5, 0.6) is 0 Å². The van der Waals surface area contributed by atoms with Crippen LogP contribution in [0.4, 0.5) is 0 Å². The predicted molar refractivity (Wildman–Crippen MR) is 138 cm³/mol. The van der Waals surface area contributed by atoms with Gasteiger partial charge in [-0.25, -0.2) is 4.79 Å². The van der Waals surface area contributed by atoms with Crippen LogP contribution < -0.4 is 0 Å². The number of oxime groups is 1. The highest BCUT2D eigenvalue weighted by Gasteiger charge is 2.51. The number of benzene rings is 3. The predicted octanol–water partition coefficient (Wildman–Crippen LogP) is 5.85. The summed E-state index contributed by atoms with van der Waals surface area (Å²) in [5, 5.41) is 16.8. The van der Waals surface area contributed by atoms with E-state index < -0.39 is 23.1 Å². The summed E-state index contributed by atoms with van der Waals surface area (Å²) in [6, 6.07) is 29.3. The Morgan fingerprint density at radius 3 is 1.94 bits per heavy atom. The first-order chi connectivity index (χ1) is 16.7. The van der Waals surface area contributed by atoms with E-state index in [-0.39, 0.29) is 6.61 Å². The van der Waals surface area contributed by atoms with E-state index in [1.54, 1.807) is 20.8 Å². The van der Waals surface area contributed by atoms with Gasteiger partial charge in [0, 0.05) is 17.1 Å². The van der Waals surface area contributed by atoms with Gasteiger partial charge < -0.3 is 14.7 Å². The van der Waals surface area contributed by atoms with E-state index in [4.69, 9.17) is 9.57 Å². The summed E-state index contributed by atoms with van der Waals surface area (Å²) in [6.45, 7) is 7.02. The molecule has 3 aromatic carbocycles. The Hall–Kier alpha value is -3.70. The Morgan fingerprint density at radius 1 is 0.886 bits per heavy atom. The van der Waals surface area contributed by atoms with E-state index >= 15 is 0 Å². The zero-order valence-corrected chi connectivity index (χ0v) is 20.6. The maximum atomic E-state index is 12.4. The van der Waals surface area contributed by atoms with Gasteiger partial charge in [0.05, 0.1) is 5.71 Å². The second kappa shape index (κ2) is 9.88. The second-order valence-electron chi connectivity index (χ2n) is 9.67. The molecule has 1 aliphatic carbocycles. The lowest BCUT2D eigenvalue weighted by atomic mass is 9.78. The fraction of sp³-hybridized carbons (Fsp3) is 0.267. The highest BCUT2D eigenvalue weighted by molar-refractivity contribution is 6.36. The monoisotopic (exact) mass is 469 g/mol. The molecule has 4 rings (SSSR count). The third-order valence-corrected chi connectivity index (χ3v) is 6.03. The van der Waals surface area contributed by atoms with Crippen LogP contribution in [0.3, 0.4) is 0 Å². The van der Waals surface area contributed by atoms with Gasteiger partial charge >= 0.3 is 5.97 Å². The number of carbonyl (C=O) groups is 1. The van der Waals surface area contributed by atoms with Crippen LogP contribution in [0, 0.1) is 5.92 Å². The Bertz CT molecular complexity index is 1230. The minimum absolute atomic E-state index is 0.319. The molecule has 0 aliphatic heterocycles. The molecule has 0 amide bonds. The number of nitrogens with zero attached hydrogens (tertiary/aromatic N) is 1. The molecule has 0 bridgehead atoms. The highest BCUT2D eigenvalue weighted by atomic mass is 16.7. The van der Waals surface area contributed by atoms with Gasteiger partial charge in [-0.15, -0.1) is 0 Å². The van der Waals surface area contributed by atoms with Crippen LogP contribution in [0.1, 0.15) is 44.4 Å². The second-order valence-corrected chi connectivity index (χ2v) is 9.67. The van der Waals surface area contributed by atoms with Crippen LogP contribution in [0.15, 0.2) is 96.2 Å². The molecule has 0 aromatic heterocycles. The SMILES string of the molecule is C[C@H]1/C(=N\OCC(=O)OC(C)(C)C)C(c2ccccc2)=C(c2ccccc2)[C@]1(O)c1ccccc1. The first kappa shape index (κ1) is 24.4. The maximum absolute atomic E-state index is 12.4. The molecule has 0 unspecified atom stereocenters. The van der Waals surface area contributed by atoms with Gasteiger partial charge in [-0.3, -0.25) is 0 Å². The minimum Gasteiger partial charge on any atom is -0.457 e. The number of allylic oxidation sites excluding steroid dienone is 1. The van der Waals surface area contributed by atoms with E-state index in [0.717, 1.165) is 27.8 Å². The molecule has 1 N–H and O–H groups in total. The van der Waals surface area contributed by atoms with E-state index in [9.17, 15) is 9.90 Å². The molecule has 1 aliphatic rings. The molecule has 3 aromatic rings. The lowest BCUT2D eigenvalue weighted by Crippen LogP contribution is -2.34. The smallest absolute Gasteiger partial charge is 0.347 e. The highest BCUT2D eigenvalue weighted by Crippen LogP contribution is 2.53. The molecule has 35 heavy (non-hydrogen) atoms. The van der Waals surface area contributed by atoms with Gasteiger partial charge in [0.15, 0.2) is 0 Å². The number of carbonyl (C=O) groups excluding carboxylic acids is 1. The van der Waals surface area contributed by atoms with E-state index in [1.165, 1.54) is 0 Å². The Morgan fingerprint density at radius 2 is 1.40 bits per heavy atom. The van der Waals surface area contributed by atoms with Gasteiger partial charge in [-0.1, -0.05) is 103 Å². The largest absolute Gasteiger partial charge is 0.457 e.